The lowest BCUT2D eigenvalue weighted by Crippen LogP contribution is -2.42. The second-order valence-electron chi connectivity index (χ2n) is 4.61. The fourth-order valence-corrected chi connectivity index (χ4v) is 1.83. The molecule has 1 atom stereocenters. The van der Waals surface area contributed by atoms with Crippen molar-refractivity contribution in [1.82, 2.24) is 5.32 Å². The molecule has 0 radical (unpaired) electrons. The van der Waals surface area contributed by atoms with Crippen molar-refractivity contribution in [3.8, 4) is 12.3 Å². The molecule has 0 saturated heterocycles. The Hall–Kier alpha value is -1.95. The van der Waals surface area contributed by atoms with Crippen LogP contribution in [-0.2, 0) is 4.79 Å². The maximum Gasteiger partial charge on any atom is 0.242 e. The van der Waals surface area contributed by atoms with E-state index in [0.717, 1.165) is 24.1 Å². The van der Waals surface area contributed by atoms with Crippen molar-refractivity contribution >= 4 is 11.6 Å². The van der Waals surface area contributed by atoms with Crippen LogP contribution < -0.4 is 10.6 Å². The van der Waals surface area contributed by atoms with Crippen LogP contribution in [0.5, 0.6) is 0 Å². The zero-order chi connectivity index (χ0) is 14.3. The van der Waals surface area contributed by atoms with E-state index >= 15 is 0 Å². The summed E-state index contributed by atoms with van der Waals surface area (Å²) in [5.41, 5.74) is 1.67. The molecule has 19 heavy (non-hydrogen) atoms. The zero-order valence-corrected chi connectivity index (χ0v) is 11.9. The molecule has 0 bridgehead atoms. The SMILES string of the molecule is C#Cc1cccc(NC(C)C(=O)NC(CC)CC)c1. The average molecular weight is 258 g/mol. The van der Waals surface area contributed by atoms with Crippen molar-refractivity contribution in [2.75, 3.05) is 5.32 Å². The minimum atomic E-state index is -0.284. The molecule has 0 heterocycles. The molecule has 0 fully saturated rings. The van der Waals surface area contributed by atoms with Gasteiger partial charge in [-0.25, -0.2) is 0 Å². The van der Waals surface area contributed by atoms with Crippen molar-refractivity contribution in [3.05, 3.63) is 29.8 Å². The molecule has 1 rings (SSSR count). The third-order valence-electron chi connectivity index (χ3n) is 3.14. The standard InChI is InChI=1S/C16H22N2O/c1-5-13-9-8-10-15(11-13)17-12(4)16(19)18-14(6-2)7-3/h1,8-12,14,17H,6-7H2,2-4H3,(H,18,19). The number of carbonyl (C=O) groups excluding carboxylic acids is 1. The molecule has 102 valence electrons. The van der Waals surface area contributed by atoms with E-state index in [1.54, 1.807) is 0 Å². The van der Waals surface area contributed by atoms with Crippen LogP contribution in [0.4, 0.5) is 5.69 Å². The Balaban J connectivity index is 2.61. The van der Waals surface area contributed by atoms with Crippen LogP contribution in [0.25, 0.3) is 0 Å². The molecule has 0 saturated carbocycles. The Morgan fingerprint density at radius 3 is 2.63 bits per heavy atom. The van der Waals surface area contributed by atoms with Crippen molar-refractivity contribution < 1.29 is 4.79 Å². The summed E-state index contributed by atoms with van der Waals surface area (Å²) in [6.45, 7) is 5.99. The molecule has 1 aromatic rings. The van der Waals surface area contributed by atoms with Crippen LogP contribution in [0.3, 0.4) is 0 Å². The number of carbonyl (C=O) groups is 1. The summed E-state index contributed by atoms with van der Waals surface area (Å²) in [6, 6.07) is 7.47. The van der Waals surface area contributed by atoms with Crippen molar-refractivity contribution in [3.63, 3.8) is 0 Å². The van der Waals surface area contributed by atoms with Crippen LogP contribution in [0.1, 0.15) is 39.2 Å². The molecule has 1 aromatic carbocycles. The zero-order valence-electron chi connectivity index (χ0n) is 11.9. The Labute approximate surface area is 115 Å². The quantitative estimate of drug-likeness (QED) is 0.770. The monoisotopic (exact) mass is 258 g/mol. The highest BCUT2D eigenvalue weighted by Crippen LogP contribution is 2.11. The lowest BCUT2D eigenvalue weighted by atomic mass is 10.1. The van der Waals surface area contributed by atoms with E-state index < -0.39 is 0 Å². The first kappa shape index (κ1) is 15.1. The van der Waals surface area contributed by atoms with E-state index in [4.69, 9.17) is 6.42 Å². The van der Waals surface area contributed by atoms with Gasteiger partial charge in [-0.05, 0) is 38.0 Å². The van der Waals surface area contributed by atoms with Gasteiger partial charge in [0.2, 0.25) is 5.91 Å². The van der Waals surface area contributed by atoms with Gasteiger partial charge in [-0.15, -0.1) is 6.42 Å². The number of anilines is 1. The molecule has 2 N–H and O–H groups in total. The van der Waals surface area contributed by atoms with Crippen LogP contribution in [0, 0.1) is 12.3 Å². The summed E-state index contributed by atoms with van der Waals surface area (Å²) >= 11 is 0. The highest BCUT2D eigenvalue weighted by molar-refractivity contribution is 5.84. The van der Waals surface area contributed by atoms with E-state index in [1.165, 1.54) is 0 Å². The smallest absolute Gasteiger partial charge is 0.242 e. The highest BCUT2D eigenvalue weighted by atomic mass is 16.2. The first-order valence-corrected chi connectivity index (χ1v) is 6.74. The fraction of sp³-hybridized carbons (Fsp3) is 0.438. The number of nitrogens with one attached hydrogen (secondary N) is 2. The molecule has 3 nitrogen and oxygen atoms in total. The molecule has 1 amide bonds. The molecule has 1 unspecified atom stereocenters. The molecule has 0 aliphatic heterocycles. The van der Waals surface area contributed by atoms with Gasteiger partial charge < -0.3 is 10.6 Å². The molecule has 0 spiro atoms. The highest BCUT2D eigenvalue weighted by Gasteiger charge is 2.15. The second kappa shape index (κ2) is 7.48. The van der Waals surface area contributed by atoms with Crippen molar-refractivity contribution in [2.24, 2.45) is 0 Å². The fourth-order valence-electron chi connectivity index (χ4n) is 1.83. The number of terminal acetylenes is 1. The van der Waals surface area contributed by atoms with Crippen molar-refractivity contribution in [2.45, 2.75) is 45.7 Å². The molecule has 3 heteroatoms. The van der Waals surface area contributed by atoms with E-state index in [2.05, 4.69) is 30.4 Å². The molecule has 0 aliphatic rings. The maximum absolute atomic E-state index is 12.0. The lowest BCUT2D eigenvalue weighted by molar-refractivity contribution is -0.122. The number of amides is 1. The first-order valence-electron chi connectivity index (χ1n) is 6.74. The Bertz CT molecular complexity index is 458. The van der Waals surface area contributed by atoms with E-state index in [1.807, 2.05) is 31.2 Å². The molecule has 0 aromatic heterocycles. The Morgan fingerprint density at radius 1 is 1.37 bits per heavy atom. The predicted molar refractivity (Wildman–Crippen MR) is 80.0 cm³/mol. The van der Waals surface area contributed by atoms with E-state index in [0.29, 0.717) is 0 Å². The van der Waals surface area contributed by atoms with Crippen molar-refractivity contribution in [1.29, 1.82) is 0 Å². The van der Waals surface area contributed by atoms with Crippen LogP contribution in [-0.4, -0.2) is 18.0 Å². The average Bonchev–Trinajstić information content (AvgIpc) is 2.44. The minimum absolute atomic E-state index is 0.0137. The van der Waals surface area contributed by atoms with Gasteiger partial charge in [0, 0.05) is 17.3 Å². The lowest BCUT2D eigenvalue weighted by Gasteiger charge is -2.20. The Kier molecular flexibility index (Phi) is 5.95. The largest absolute Gasteiger partial charge is 0.374 e. The van der Waals surface area contributed by atoms with Gasteiger partial charge in [0.1, 0.15) is 6.04 Å². The third kappa shape index (κ3) is 4.67. The van der Waals surface area contributed by atoms with Gasteiger partial charge in [-0.2, -0.15) is 0 Å². The van der Waals surface area contributed by atoms with Crippen LogP contribution in [0.15, 0.2) is 24.3 Å². The van der Waals surface area contributed by atoms with Gasteiger partial charge in [-0.1, -0.05) is 25.8 Å². The minimum Gasteiger partial charge on any atom is -0.374 e. The van der Waals surface area contributed by atoms with E-state index in [9.17, 15) is 4.79 Å². The molecular weight excluding hydrogens is 236 g/mol. The van der Waals surface area contributed by atoms with Crippen LogP contribution in [0.2, 0.25) is 0 Å². The van der Waals surface area contributed by atoms with Gasteiger partial charge in [0.25, 0.3) is 0 Å². The number of hydrogen-bond acceptors (Lipinski definition) is 2. The van der Waals surface area contributed by atoms with Gasteiger partial charge in [0.15, 0.2) is 0 Å². The van der Waals surface area contributed by atoms with Gasteiger partial charge >= 0.3 is 0 Å². The summed E-state index contributed by atoms with van der Waals surface area (Å²) in [4.78, 5) is 12.0. The number of rotatable bonds is 6. The van der Waals surface area contributed by atoms with E-state index in [-0.39, 0.29) is 18.0 Å². The summed E-state index contributed by atoms with van der Waals surface area (Å²) in [5.74, 6) is 2.59. The number of hydrogen-bond donors (Lipinski definition) is 2. The summed E-state index contributed by atoms with van der Waals surface area (Å²) in [7, 11) is 0. The topological polar surface area (TPSA) is 41.1 Å². The molecular formula is C16H22N2O. The summed E-state index contributed by atoms with van der Waals surface area (Å²) < 4.78 is 0. The Morgan fingerprint density at radius 2 is 2.05 bits per heavy atom. The maximum atomic E-state index is 12.0. The van der Waals surface area contributed by atoms with Gasteiger partial charge in [-0.3, -0.25) is 4.79 Å². The second-order valence-corrected chi connectivity index (χ2v) is 4.61. The van der Waals surface area contributed by atoms with Gasteiger partial charge in [0.05, 0.1) is 0 Å². The predicted octanol–water partition coefficient (Wildman–Crippen LogP) is 2.77. The number of benzene rings is 1. The summed E-state index contributed by atoms with van der Waals surface area (Å²) in [6.07, 6.45) is 7.25. The summed E-state index contributed by atoms with van der Waals surface area (Å²) in [5, 5.41) is 6.19. The normalized spacial score (nSPS) is 11.7. The molecule has 0 aliphatic carbocycles. The van der Waals surface area contributed by atoms with Crippen LogP contribution >= 0.6 is 0 Å². The third-order valence-corrected chi connectivity index (χ3v) is 3.14. The first-order chi connectivity index (χ1) is 9.10.